The molecule has 1 aromatic heterocycles. The molecule has 0 saturated heterocycles. The van der Waals surface area contributed by atoms with Crippen molar-refractivity contribution in [2.45, 2.75) is 50.5 Å². The Labute approximate surface area is 236 Å². The quantitative estimate of drug-likeness (QED) is 0.250. The molecular formula is C30H36N4O5S. The predicted molar refractivity (Wildman–Crippen MR) is 156 cm³/mol. The number of esters is 1. The van der Waals surface area contributed by atoms with E-state index in [0.717, 1.165) is 33.3 Å². The SMILES string of the molecule is CCOC(=O)CC(c1ccc(C)c(CN2CC(C)c3ccccc3S2(O)O)c1)c1cc(OC)c2c(c1)nnn2C. The highest BCUT2D eigenvalue weighted by Crippen LogP contribution is 2.58. The minimum atomic E-state index is -3.15. The first kappa shape index (κ1) is 28.1. The average Bonchev–Trinajstić information content (AvgIpc) is 3.32. The number of carbonyl (C=O) groups excluding carboxylic acids is 1. The zero-order valence-electron chi connectivity index (χ0n) is 23.5. The van der Waals surface area contributed by atoms with E-state index in [4.69, 9.17) is 9.47 Å². The third kappa shape index (κ3) is 5.19. The Bertz CT molecular complexity index is 1550. The molecule has 1 aliphatic rings. The highest BCUT2D eigenvalue weighted by Gasteiger charge is 2.35. The summed E-state index contributed by atoms with van der Waals surface area (Å²) in [6, 6.07) is 17.5. The van der Waals surface area contributed by atoms with E-state index < -0.39 is 10.8 Å². The Morgan fingerprint density at radius 3 is 2.67 bits per heavy atom. The zero-order chi connectivity index (χ0) is 28.6. The molecule has 2 N–H and O–H groups in total. The fourth-order valence-corrected chi connectivity index (χ4v) is 7.43. The number of methoxy groups -OCH3 is 1. The van der Waals surface area contributed by atoms with Crippen LogP contribution in [0.2, 0.25) is 0 Å². The third-order valence-electron chi connectivity index (χ3n) is 7.69. The molecule has 5 rings (SSSR count). The number of fused-ring (bicyclic) bond motifs is 2. The molecule has 2 heterocycles. The molecule has 0 fully saturated rings. The van der Waals surface area contributed by atoms with E-state index >= 15 is 0 Å². The number of rotatable bonds is 8. The van der Waals surface area contributed by atoms with Crippen molar-refractivity contribution < 1.29 is 23.4 Å². The summed E-state index contributed by atoms with van der Waals surface area (Å²) >= 11 is 0. The summed E-state index contributed by atoms with van der Waals surface area (Å²) in [6.07, 6.45) is 0.134. The van der Waals surface area contributed by atoms with Crippen LogP contribution in [0.3, 0.4) is 0 Å². The van der Waals surface area contributed by atoms with E-state index in [1.54, 1.807) is 23.0 Å². The normalized spacial score (nSPS) is 18.2. The molecule has 0 bridgehead atoms. The highest BCUT2D eigenvalue weighted by atomic mass is 32.3. The molecule has 0 radical (unpaired) electrons. The minimum absolute atomic E-state index is 0.134. The van der Waals surface area contributed by atoms with Gasteiger partial charge in [0.15, 0.2) is 0 Å². The molecule has 1 aliphatic heterocycles. The van der Waals surface area contributed by atoms with Crippen LogP contribution < -0.4 is 4.74 Å². The minimum Gasteiger partial charge on any atom is -0.494 e. The van der Waals surface area contributed by atoms with Gasteiger partial charge in [-0.1, -0.05) is 48.5 Å². The van der Waals surface area contributed by atoms with Crippen LogP contribution in [-0.4, -0.2) is 54.6 Å². The van der Waals surface area contributed by atoms with Gasteiger partial charge >= 0.3 is 5.97 Å². The van der Waals surface area contributed by atoms with Gasteiger partial charge in [-0.3, -0.25) is 13.9 Å². The lowest BCUT2D eigenvalue weighted by Gasteiger charge is -2.49. The second-order valence-corrected chi connectivity index (χ2v) is 12.3. The van der Waals surface area contributed by atoms with Gasteiger partial charge in [0.2, 0.25) is 0 Å². The maximum atomic E-state index is 12.8. The number of aryl methyl sites for hydroxylation is 2. The highest BCUT2D eigenvalue weighted by molar-refractivity contribution is 8.22. The van der Waals surface area contributed by atoms with Crippen molar-refractivity contribution in [1.82, 2.24) is 19.3 Å². The number of hydrogen-bond acceptors (Lipinski definition) is 8. The second kappa shape index (κ2) is 11.2. The molecule has 2 unspecified atom stereocenters. The predicted octanol–water partition coefficient (Wildman–Crippen LogP) is 6.01. The van der Waals surface area contributed by atoms with E-state index in [9.17, 15) is 13.9 Å². The van der Waals surface area contributed by atoms with Crippen molar-refractivity contribution in [3.63, 3.8) is 0 Å². The standard InChI is InChI=1S/C30H36N4O5S/c1-6-39-29(35)16-25(22-14-26-30(27(15-22)38-5)33(4)32-31-26)21-12-11-19(2)23(13-21)18-34-17-20(3)24-9-7-8-10-28(24)40(34,36)37/h7-15,20,25,36-37H,6,16-18H2,1-5H3. The van der Waals surface area contributed by atoms with Crippen LogP contribution in [0.15, 0.2) is 59.5 Å². The van der Waals surface area contributed by atoms with Crippen molar-refractivity contribution in [3.8, 4) is 5.75 Å². The topological polar surface area (TPSA) is 110 Å². The van der Waals surface area contributed by atoms with Gasteiger partial charge in [0.05, 0.1) is 25.0 Å². The molecule has 2 atom stereocenters. The van der Waals surface area contributed by atoms with Crippen molar-refractivity contribution >= 4 is 27.8 Å². The van der Waals surface area contributed by atoms with Crippen molar-refractivity contribution in [3.05, 3.63) is 82.4 Å². The van der Waals surface area contributed by atoms with Crippen LogP contribution in [0, 0.1) is 6.92 Å². The molecule has 0 aliphatic carbocycles. The number of ether oxygens (including phenoxy) is 2. The van der Waals surface area contributed by atoms with Gasteiger partial charge in [-0.25, -0.2) is 4.68 Å². The summed E-state index contributed by atoms with van der Waals surface area (Å²) in [5.41, 5.74) is 6.20. The molecule has 10 heteroatoms. The summed E-state index contributed by atoms with van der Waals surface area (Å²) in [4.78, 5) is 13.4. The van der Waals surface area contributed by atoms with E-state index in [2.05, 4.69) is 23.3 Å². The first-order chi connectivity index (χ1) is 19.1. The summed E-state index contributed by atoms with van der Waals surface area (Å²) in [5, 5.41) is 8.43. The van der Waals surface area contributed by atoms with Gasteiger partial charge in [0.25, 0.3) is 0 Å². The summed E-state index contributed by atoms with van der Waals surface area (Å²) in [5.74, 6) is 0.141. The number of hydrogen-bond donors (Lipinski definition) is 2. The fourth-order valence-electron chi connectivity index (χ4n) is 5.55. The summed E-state index contributed by atoms with van der Waals surface area (Å²) in [7, 11) is 0.265. The van der Waals surface area contributed by atoms with Gasteiger partial charge < -0.3 is 9.47 Å². The Morgan fingerprint density at radius 1 is 1.15 bits per heavy atom. The summed E-state index contributed by atoms with van der Waals surface area (Å²) in [6.45, 7) is 7.09. The molecule has 212 valence electrons. The Balaban J connectivity index is 1.54. The second-order valence-electron chi connectivity index (χ2n) is 10.3. The molecule has 9 nitrogen and oxygen atoms in total. The molecular weight excluding hydrogens is 528 g/mol. The van der Waals surface area contributed by atoms with Crippen LogP contribution in [-0.2, 0) is 23.1 Å². The van der Waals surface area contributed by atoms with Crippen LogP contribution >= 0.6 is 10.8 Å². The maximum Gasteiger partial charge on any atom is 0.306 e. The van der Waals surface area contributed by atoms with Crippen LogP contribution in [0.1, 0.15) is 59.9 Å². The smallest absolute Gasteiger partial charge is 0.306 e. The first-order valence-corrected chi connectivity index (χ1v) is 14.9. The van der Waals surface area contributed by atoms with E-state index in [1.807, 2.05) is 62.5 Å². The van der Waals surface area contributed by atoms with Crippen LogP contribution in [0.5, 0.6) is 5.75 Å². The zero-order valence-corrected chi connectivity index (χ0v) is 24.3. The number of aromatic nitrogens is 3. The molecule has 4 aromatic rings. The molecule has 40 heavy (non-hydrogen) atoms. The lowest BCUT2D eigenvalue weighted by molar-refractivity contribution is -0.143. The van der Waals surface area contributed by atoms with Crippen LogP contribution in [0.4, 0.5) is 0 Å². The first-order valence-electron chi connectivity index (χ1n) is 13.4. The third-order valence-corrected chi connectivity index (χ3v) is 9.65. The van der Waals surface area contributed by atoms with E-state index in [1.165, 1.54) is 0 Å². The lowest BCUT2D eigenvalue weighted by Crippen LogP contribution is -2.35. The van der Waals surface area contributed by atoms with Gasteiger partial charge in [0, 0.05) is 26.1 Å². The Kier molecular flexibility index (Phi) is 7.87. The van der Waals surface area contributed by atoms with Crippen LogP contribution in [0.25, 0.3) is 11.0 Å². The number of benzene rings is 3. The molecule has 0 amide bonds. The average molecular weight is 565 g/mol. The fraction of sp³-hybridized carbons (Fsp3) is 0.367. The largest absolute Gasteiger partial charge is 0.494 e. The van der Waals surface area contributed by atoms with Crippen molar-refractivity contribution in [2.75, 3.05) is 20.3 Å². The maximum absolute atomic E-state index is 12.8. The van der Waals surface area contributed by atoms with Gasteiger partial charge in [-0.2, -0.15) is 4.31 Å². The Morgan fingerprint density at radius 2 is 1.93 bits per heavy atom. The van der Waals surface area contributed by atoms with Crippen molar-refractivity contribution in [1.29, 1.82) is 0 Å². The Hall–Kier alpha value is -3.44. The number of carbonyl (C=O) groups is 1. The van der Waals surface area contributed by atoms with E-state index in [0.29, 0.717) is 35.9 Å². The van der Waals surface area contributed by atoms with Gasteiger partial charge in [-0.05, 0) is 65.8 Å². The van der Waals surface area contributed by atoms with Crippen molar-refractivity contribution in [2.24, 2.45) is 7.05 Å². The molecule has 0 spiro atoms. The molecule has 0 saturated carbocycles. The number of nitrogens with zero attached hydrogens (tertiary/aromatic N) is 4. The van der Waals surface area contributed by atoms with Gasteiger partial charge in [-0.15, -0.1) is 15.9 Å². The lowest BCUT2D eigenvalue weighted by atomic mass is 9.86. The monoisotopic (exact) mass is 564 g/mol. The van der Waals surface area contributed by atoms with Gasteiger partial charge in [0.1, 0.15) is 16.8 Å². The molecule has 3 aromatic carbocycles. The summed E-state index contributed by atoms with van der Waals surface area (Å²) < 4.78 is 37.1. The van der Waals surface area contributed by atoms with E-state index in [-0.39, 0.29) is 24.2 Å².